The van der Waals surface area contributed by atoms with Crippen molar-refractivity contribution in [1.29, 1.82) is 0 Å². The van der Waals surface area contributed by atoms with Crippen LogP contribution >= 0.6 is 15.9 Å². The predicted molar refractivity (Wildman–Crippen MR) is 84.4 cm³/mol. The van der Waals surface area contributed by atoms with E-state index < -0.39 is 10.0 Å². The fourth-order valence-electron chi connectivity index (χ4n) is 1.69. The summed E-state index contributed by atoms with van der Waals surface area (Å²) in [5, 5.41) is 8.20. The number of nitrogen functional groups attached to an aromatic ring is 1. The van der Waals surface area contributed by atoms with Crippen molar-refractivity contribution in [3.63, 3.8) is 0 Å². The second-order valence-corrected chi connectivity index (χ2v) is 6.82. The molecule has 2 aromatic rings. The summed E-state index contributed by atoms with van der Waals surface area (Å²) in [7, 11) is -3.76. The quantitative estimate of drug-likeness (QED) is 0.737. The second kappa shape index (κ2) is 5.43. The number of halogens is 1. The van der Waals surface area contributed by atoms with Crippen LogP contribution < -0.4 is 16.2 Å². The Balaban J connectivity index is 2.43. The van der Waals surface area contributed by atoms with E-state index in [1.807, 2.05) is 25.1 Å². The van der Waals surface area contributed by atoms with E-state index in [0.29, 0.717) is 11.4 Å². The highest BCUT2D eigenvalue weighted by Crippen LogP contribution is 2.30. The maximum atomic E-state index is 11.4. The van der Waals surface area contributed by atoms with E-state index in [0.717, 1.165) is 15.7 Å². The molecule has 0 heterocycles. The summed E-state index contributed by atoms with van der Waals surface area (Å²) in [6.07, 6.45) is 0. The predicted octanol–water partition coefficient (Wildman–Crippen LogP) is 2.73. The Morgan fingerprint density at radius 2 is 1.80 bits per heavy atom. The van der Waals surface area contributed by atoms with E-state index in [4.69, 9.17) is 10.9 Å². The van der Waals surface area contributed by atoms with Gasteiger partial charge in [0.25, 0.3) is 0 Å². The molecule has 106 valence electrons. The molecule has 0 aliphatic carbocycles. The van der Waals surface area contributed by atoms with E-state index in [1.54, 1.807) is 0 Å². The van der Waals surface area contributed by atoms with Crippen molar-refractivity contribution in [2.45, 2.75) is 11.8 Å². The molecule has 0 amide bonds. The van der Waals surface area contributed by atoms with Crippen LogP contribution in [0.5, 0.6) is 0 Å². The van der Waals surface area contributed by atoms with Gasteiger partial charge < -0.3 is 11.1 Å². The van der Waals surface area contributed by atoms with E-state index in [9.17, 15) is 8.42 Å². The minimum atomic E-state index is -3.76. The highest BCUT2D eigenvalue weighted by molar-refractivity contribution is 9.10. The molecule has 0 fully saturated rings. The van der Waals surface area contributed by atoms with Crippen molar-refractivity contribution in [3.8, 4) is 0 Å². The van der Waals surface area contributed by atoms with Gasteiger partial charge in [-0.15, -0.1) is 0 Å². The molecular formula is C13H14BrN3O2S. The van der Waals surface area contributed by atoms with Gasteiger partial charge in [-0.1, -0.05) is 6.07 Å². The topological polar surface area (TPSA) is 98.2 Å². The van der Waals surface area contributed by atoms with E-state index >= 15 is 0 Å². The van der Waals surface area contributed by atoms with Crippen molar-refractivity contribution in [3.05, 3.63) is 46.4 Å². The SMILES string of the molecule is Cc1ccc(Nc2cc(S(N)(=O)=O)ccc2N)c(Br)c1. The molecule has 0 saturated carbocycles. The van der Waals surface area contributed by atoms with Crippen molar-refractivity contribution in [1.82, 2.24) is 0 Å². The van der Waals surface area contributed by atoms with E-state index in [-0.39, 0.29) is 4.90 Å². The molecule has 0 aliphatic heterocycles. The van der Waals surface area contributed by atoms with Crippen LogP contribution in [0.15, 0.2) is 45.8 Å². The van der Waals surface area contributed by atoms with Crippen LogP contribution in [0.2, 0.25) is 0 Å². The first-order chi connectivity index (χ1) is 9.27. The molecule has 2 rings (SSSR count). The molecule has 2 aromatic carbocycles. The fourth-order valence-corrected chi connectivity index (χ4v) is 2.82. The summed E-state index contributed by atoms with van der Waals surface area (Å²) < 4.78 is 23.6. The summed E-state index contributed by atoms with van der Waals surface area (Å²) in [6, 6.07) is 10.1. The first-order valence-corrected chi connectivity index (χ1v) is 8.07. The van der Waals surface area contributed by atoms with Crippen LogP contribution in [0.3, 0.4) is 0 Å². The molecule has 0 aliphatic rings. The second-order valence-electron chi connectivity index (χ2n) is 4.40. The van der Waals surface area contributed by atoms with Crippen LogP contribution in [0, 0.1) is 6.92 Å². The number of benzene rings is 2. The normalized spacial score (nSPS) is 11.3. The van der Waals surface area contributed by atoms with Crippen molar-refractivity contribution < 1.29 is 8.42 Å². The molecule has 5 nitrogen and oxygen atoms in total. The third-order valence-electron chi connectivity index (χ3n) is 2.75. The minimum absolute atomic E-state index is 0.0115. The smallest absolute Gasteiger partial charge is 0.238 e. The maximum Gasteiger partial charge on any atom is 0.238 e. The number of hydrogen-bond donors (Lipinski definition) is 3. The zero-order valence-corrected chi connectivity index (χ0v) is 13.1. The van der Waals surface area contributed by atoms with Crippen LogP contribution in [0.1, 0.15) is 5.56 Å². The van der Waals surface area contributed by atoms with Crippen LogP contribution in [-0.2, 0) is 10.0 Å². The lowest BCUT2D eigenvalue weighted by molar-refractivity contribution is 0.598. The molecule has 5 N–H and O–H groups in total. The standard InChI is InChI=1S/C13H14BrN3O2S/c1-8-2-5-12(10(14)6-8)17-13-7-9(20(16,18)19)3-4-11(13)15/h2-7,17H,15H2,1H3,(H2,16,18,19). The van der Waals surface area contributed by atoms with Gasteiger partial charge in [0.2, 0.25) is 10.0 Å². The number of aryl methyl sites for hydroxylation is 1. The lowest BCUT2D eigenvalue weighted by Crippen LogP contribution is -2.12. The van der Waals surface area contributed by atoms with Gasteiger partial charge in [0.05, 0.1) is 22.0 Å². The average Bonchev–Trinajstić information content (AvgIpc) is 2.33. The number of anilines is 3. The number of hydrogen-bond acceptors (Lipinski definition) is 4. The van der Waals surface area contributed by atoms with Gasteiger partial charge in [0.1, 0.15) is 0 Å². The lowest BCUT2D eigenvalue weighted by Gasteiger charge is -2.12. The number of rotatable bonds is 3. The Labute approximate surface area is 126 Å². The monoisotopic (exact) mass is 355 g/mol. The molecule has 7 heteroatoms. The van der Waals surface area contributed by atoms with Crippen LogP contribution in [-0.4, -0.2) is 8.42 Å². The molecule has 20 heavy (non-hydrogen) atoms. The molecule has 0 radical (unpaired) electrons. The number of nitrogens with one attached hydrogen (secondary N) is 1. The Morgan fingerprint density at radius 1 is 1.10 bits per heavy atom. The molecular weight excluding hydrogens is 342 g/mol. The van der Waals surface area contributed by atoms with Gasteiger partial charge in [-0.05, 0) is 58.7 Å². The minimum Gasteiger partial charge on any atom is -0.397 e. The fraction of sp³-hybridized carbons (Fsp3) is 0.0769. The van der Waals surface area contributed by atoms with Crippen molar-refractivity contribution in [2.75, 3.05) is 11.1 Å². The van der Waals surface area contributed by atoms with Gasteiger partial charge in [-0.3, -0.25) is 0 Å². The Bertz CT molecular complexity index is 760. The summed E-state index contributed by atoms with van der Waals surface area (Å²) >= 11 is 3.44. The van der Waals surface area contributed by atoms with E-state index in [1.165, 1.54) is 18.2 Å². The Kier molecular flexibility index (Phi) is 4.03. The summed E-state index contributed by atoms with van der Waals surface area (Å²) in [5.41, 5.74) is 8.66. The highest BCUT2D eigenvalue weighted by Gasteiger charge is 2.11. The average molecular weight is 356 g/mol. The molecule has 0 aromatic heterocycles. The zero-order valence-electron chi connectivity index (χ0n) is 10.7. The molecule has 0 atom stereocenters. The molecule has 0 saturated heterocycles. The first kappa shape index (κ1) is 14.8. The van der Waals surface area contributed by atoms with Gasteiger partial charge in [-0.2, -0.15) is 0 Å². The summed E-state index contributed by atoms with van der Waals surface area (Å²) in [6.45, 7) is 1.98. The van der Waals surface area contributed by atoms with Crippen molar-refractivity contribution >= 4 is 43.0 Å². The number of primary sulfonamides is 1. The Morgan fingerprint density at radius 3 is 2.40 bits per heavy atom. The number of sulfonamides is 1. The van der Waals surface area contributed by atoms with Gasteiger partial charge in [-0.25, -0.2) is 13.6 Å². The third kappa shape index (κ3) is 3.30. The van der Waals surface area contributed by atoms with E-state index in [2.05, 4.69) is 21.2 Å². The maximum absolute atomic E-state index is 11.4. The third-order valence-corrected chi connectivity index (χ3v) is 4.31. The van der Waals surface area contributed by atoms with Crippen molar-refractivity contribution in [2.24, 2.45) is 5.14 Å². The summed E-state index contributed by atoms with van der Waals surface area (Å²) in [5.74, 6) is 0. The Hall–Kier alpha value is -1.57. The zero-order chi connectivity index (χ0) is 14.9. The van der Waals surface area contributed by atoms with Gasteiger partial charge >= 0.3 is 0 Å². The lowest BCUT2D eigenvalue weighted by atomic mass is 10.2. The molecule has 0 spiro atoms. The van der Waals surface area contributed by atoms with Crippen LogP contribution in [0.4, 0.5) is 17.1 Å². The molecule has 0 bridgehead atoms. The first-order valence-electron chi connectivity index (χ1n) is 5.73. The molecule has 0 unspecified atom stereocenters. The van der Waals surface area contributed by atoms with Crippen LogP contribution in [0.25, 0.3) is 0 Å². The van der Waals surface area contributed by atoms with Gasteiger partial charge in [0.15, 0.2) is 0 Å². The van der Waals surface area contributed by atoms with Gasteiger partial charge in [0, 0.05) is 4.47 Å². The number of nitrogens with two attached hydrogens (primary N) is 2. The highest BCUT2D eigenvalue weighted by atomic mass is 79.9. The summed E-state index contributed by atoms with van der Waals surface area (Å²) in [4.78, 5) is 0.0115. The largest absolute Gasteiger partial charge is 0.397 e.